The lowest BCUT2D eigenvalue weighted by atomic mass is 9.87. The molecule has 0 radical (unpaired) electrons. The summed E-state index contributed by atoms with van der Waals surface area (Å²) >= 11 is 0. The first-order valence-electron chi connectivity index (χ1n) is 6.66. The molecular weight excluding hydrogens is 238 g/mol. The minimum Gasteiger partial charge on any atom is -0.478 e. The Kier molecular flexibility index (Phi) is 4.75. The van der Waals surface area contributed by atoms with Gasteiger partial charge in [-0.25, -0.2) is 4.79 Å². The highest BCUT2D eigenvalue weighted by Gasteiger charge is 2.24. The number of aryl methyl sites for hydroxylation is 1. The molecule has 1 rings (SSSR count). The molecule has 0 amide bonds. The van der Waals surface area contributed by atoms with Crippen molar-refractivity contribution in [2.45, 2.75) is 47.2 Å². The molecule has 0 aliphatic heterocycles. The third-order valence-corrected chi connectivity index (χ3v) is 3.92. The van der Waals surface area contributed by atoms with Crippen molar-refractivity contribution in [1.82, 2.24) is 4.90 Å². The normalized spacial score (nSPS) is 13.6. The summed E-state index contributed by atoms with van der Waals surface area (Å²) in [5, 5.41) is 8.97. The molecule has 0 aromatic heterocycles. The Morgan fingerprint density at radius 1 is 1.37 bits per heavy atom. The Hall–Kier alpha value is -1.35. The van der Waals surface area contributed by atoms with Gasteiger partial charge in [-0.05, 0) is 49.6 Å². The average Bonchev–Trinajstić information content (AvgIpc) is 2.29. The van der Waals surface area contributed by atoms with Gasteiger partial charge >= 0.3 is 5.97 Å². The number of benzene rings is 1. The van der Waals surface area contributed by atoms with Gasteiger partial charge in [-0.2, -0.15) is 0 Å². The maximum absolute atomic E-state index is 10.9. The van der Waals surface area contributed by atoms with Crippen molar-refractivity contribution in [3.8, 4) is 0 Å². The topological polar surface area (TPSA) is 40.5 Å². The SMILES string of the molecule is Cc1cc(C(=O)O)ccc1CN(C)C(C)C(C)(C)C. The summed E-state index contributed by atoms with van der Waals surface area (Å²) in [6.45, 7) is 11.7. The van der Waals surface area contributed by atoms with E-state index >= 15 is 0 Å². The maximum atomic E-state index is 10.9. The van der Waals surface area contributed by atoms with Crippen molar-refractivity contribution in [2.24, 2.45) is 5.41 Å². The molecule has 0 aliphatic rings. The van der Waals surface area contributed by atoms with Gasteiger partial charge in [-0.15, -0.1) is 0 Å². The monoisotopic (exact) mass is 263 g/mol. The van der Waals surface area contributed by atoms with E-state index in [2.05, 4.69) is 39.6 Å². The van der Waals surface area contributed by atoms with Crippen LogP contribution in [0.2, 0.25) is 0 Å². The highest BCUT2D eigenvalue weighted by molar-refractivity contribution is 5.87. The summed E-state index contributed by atoms with van der Waals surface area (Å²) in [4.78, 5) is 13.2. The van der Waals surface area contributed by atoms with Crippen LogP contribution >= 0.6 is 0 Å². The van der Waals surface area contributed by atoms with Gasteiger partial charge < -0.3 is 5.11 Å². The lowest BCUT2D eigenvalue weighted by Gasteiger charge is -2.35. The second-order valence-electron chi connectivity index (χ2n) is 6.40. The molecule has 0 saturated carbocycles. The highest BCUT2D eigenvalue weighted by atomic mass is 16.4. The molecule has 3 heteroatoms. The lowest BCUT2D eigenvalue weighted by molar-refractivity contribution is 0.0696. The maximum Gasteiger partial charge on any atom is 0.335 e. The van der Waals surface area contributed by atoms with E-state index in [4.69, 9.17) is 5.11 Å². The van der Waals surface area contributed by atoms with Crippen LogP contribution in [0, 0.1) is 12.3 Å². The molecule has 1 unspecified atom stereocenters. The second kappa shape index (κ2) is 5.74. The first-order chi connectivity index (χ1) is 8.62. The molecule has 1 aromatic carbocycles. The molecular formula is C16H25NO2. The molecule has 0 bridgehead atoms. The molecule has 106 valence electrons. The van der Waals surface area contributed by atoms with E-state index in [-0.39, 0.29) is 5.41 Å². The predicted octanol–water partition coefficient (Wildman–Crippen LogP) is 3.56. The molecule has 0 spiro atoms. The first-order valence-corrected chi connectivity index (χ1v) is 6.66. The van der Waals surface area contributed by atoms with Crippen molar-refractivity contribution in [2.75, 3.05) is 7.05 Å². The smallest absolute Gasteiger partial charge is 0.335 e. The Morgan fingerprint density at radius 3 is 2.37 bits per heavy atom. The van der Waals surface area contributed by atoms with Crippen molar-refractivity contribution >= 4 is 5.97 Å². The summed E-state index contributed by atoms with van der Waals surface area (Å²) < 4.78 is 0. The van der Waals surface area contributed by atoms with Gasteiger partial charge in [0.05, 0.1) is 5.56 Å². The summed E-state index contributed by atoms with van der Waals surface area (Å²) in [7, 11) is 2.11. The van der Waals surface area contributed by atoms with E-state index in [1.165, 1.54) is 5.56 Å². The van der Waals surface area contributed by atoms with E-state index in [9.17, 15) is 4.79 Å². The number of carboxylic acid groups (broad SMARTS) is 1. The third kappa shape index (κ3) is 4.06. The van der Waals surface area contributed by atoms with E-state index in [0.717, 1.165) is 12.1 Å². The van der Waals surface area contributed by atoms with E-state index in [1.54, 1.807) is 12.1 Å². The van der Waals surface area contributed by atoms with Crippen LogP contribution in [0.4, 0.5) is 0 Å². The van der Waals surface area contributed by atoms with Gasteiger partial charge in [-0.3, -0.25) is 4.90 Å². The molecule has 0 fully saturated rings. The Morgan fingerprint density at radius 2 is 1.95 bits per heavy atom. The number of hydrogen-bond acceptors (Lipinski definition) is 2. The second-order valence-corrected chi connectivity index (χ2v) is 6.40. The van der Waals surface area contributed by atoms with Gasteiger partial charge in [0.2, 0.25) is 0 Å². The zero-order valence-corrected chi connectivity index (χ0v) is 12.8. The third-order valence-electron chi connectivity index (χ3n) is 3.92. The zero-order valence-electron chi connectivity index (χ0n) is 12.8. The Balaban J connectivity index is 2.86. The first kappa shape index (κ1) is 15.7. The van der Waals surface area contributed by atoms with Crippen LogP contribution in [0.25, 0.3) is 0 Å². The largest absolute Gasteiger partial charge is 0.478 e. The minimum absolute atomic E-state index is 0.226. The van der Waals surface area contributed by atoms with Gasteiger partial charge in [-0.1, -0.05) is 26.8 Å². The van der Waals surface area contributed by atoms with Crippen molar-refractivity contribution in [3.05, 3.63) is 34.9 Å². The van der Waals surface area contributed by atoms with Crippen molar-refractivity contribution < 1.29 is 9.90 Å². The van der Waals surface area contributed by atoms with Crippen LogP contribution in [0.15, 0.2) is 18.2 Å². The van der Waals surface area contributed by atoms with Crippen LogP contribution in [-0.4, -0.2) is 29.1 Å². The molecule has 1 atom stereocenters. The van der Waals surface area contributed by atoms with Gasteiger partial charge in [0.25, 0.3) is 0 Å². The van der Waals surface area contributed by atoms with Gasteiger partial charge in [0.15, 0.2) is 0 Å². The van der Waals surface area contributed by atoms with Crippen LogP contribution in [0.3, 0.4) is 0 Å². The van der Waals surface area contributed by atoms with E-state index in [1.807, 2.05) is 13.0 Å². The fourth-order valence-electron chi connectivity index (χ4n) is 2.07. The summed E-state index contributed by atoms with van der Waals surface area (Å²) in [6, 6.07) is 5.80. The number of carbonyl (C=O) groups is 1. The van der Waals surface area contributed by atoms with Crippen molar-refractivity contribution in [3.63, 3.8) is 0 Å². The Labute approximate surface area is 116 Å². The standard InChI is InChI=1S/C16H25NO2/c1-11-9-13(15(18)19)7-8-14(11)10-17(6)12(2)16(3,4)5/h7-9,12H,10H2,1-6H3,(H,18,19). The summed E-state index contributed by atoms with van der Waals surface area (Å²) in [5.74, 6) is -0.869. The van der Waals surface area contributed by atoms with Crippen molar-refractivity contribution in [1.29, 1.82) is 0 Å². The number of nitrogens with zero attached hydrogens (tertiary/aromatic N) is 1. The zero-order chi connectivity index (χ0) is 14.8. The van der Waals surface area contributed by atoms with Crippen LogP contribution in [0.5, 0.6) is 0 Å². The fourth-order valence-corrected chi connectivity index (χ4v) is 2.07. The average molecular weight is 263 g/mol. The predicted molar refractivity (Wildman–Crippen MR) is 78.5 cm³/mol. The molecule has 0 heterocycles. The van der Waals surface area contributed by atoms with E-state index in [0.29, 0.717) is 11.6 Å². The molecule has 3 nitrogen and oxygen atoms in total. The van der Waals surface area contributed by atoms with Crippen LogP contribution in [-0.2, 0) is 6.54 Å². The van der Waals surface area contributed by atoms with Gasteiger partial charge in [0, 0.05) is 12.6 Å². The summed E-state index contributed by atoms with van der Waals surface area (Å²) in [5.41, 5.74) is 2.80. The number of rotatable bonds is 4. The van der Waals surface area contributed by atoms with E-state index < -0.39 is 5.97 Å². The molecule has 1 N–H and O–H groups in total. The number of hydrogen-bond donors (Lipinski definition) is 1. The molecule has 0 saturated heterocycles. The molecule has 19 heavy (non-hydrogen) atoms. The number of carboxylic acids is 1. The minimum atomic E-state index is -0.869. The highest BCUT2D eigenvalue weighted by Crippen LogP contribution is 2.25. The van der Waals surface area contributed by atoms with Crippen LogP contribution < -0.4 is 0 Å². The fraction of sp³-hybridized carbons (Fsp3) is 0.562. The lowest BCUT2D eigenvalue weighted by Crippen LogP contribution is -2.38. The number of aromatic carboxylic acids is 1. The Bertz CT molecular complexity index is 460. The quantitative estimate of drug-likeness (QED) is 0.903. The molecule has 1 aromatic rings. The molecule has 0 aliphatic carbocycles. The van der Waals surface area contributed by atoms with Gasteiger partial charge in [0.1, 0.15) is 0 Å². The van der Waals surface area contributed by atoms with Crippen LogP contribution in [0.1, 0.15) is 49.2 Å². The summed E-state index contributed by atoms with van der Waals surface area (Å²) in [6.07, 6.45) is 0.